The topological polar surface area (TPSA) is 64.8 Å². The van der Waals surface area contributed by atoms with Crippen molar-refractivity contribution < 1.29 is 14.3 Å². The van der Waals surface area contributed by atoms with Crippen LogP contribution < -0.4 is 15.2 Å². The van der Waals surface area contributed by atoms with Crippen molar-refractivity contribution in [2.75, 3.05) is 27.3 Å². The molecule has 0 saturated heterocycles. The molecule has 1 aromatic carbocycles. The number of benzene rings is 1. The molecule has 1 unspecified atom stereocenters. The molecule has 114 valence electrons. The van der Waals surface area contributed by atoms with Crippen LogP contribution in [0.1, 0.15) is 24.2 Å². The van der Waals surface area contributed by atoms with Crippen molar-refractivity contribution in [3.8, 4) is 11.5 Å². The van der Waals surface area contributed by atoms with Gasteiger partial charge in [0.05, 0.1) is 13.7 Å². The van der Waals surface area contributed by atoms with E-state index in [9.17, 15) is 4.79 Å². The summed E-state index contributed by atoms with van der Waals surface area (Å²) in [7, 11) is 3.29. The first kappa shape index (κ1) is 18.5. The number of hydrogen-bond acceptors (Lipinski definition) is 4. The maximum Gasteiger partial charge on any atom is 0.254 e. The number of ether oxygens (including phenoxy) is 2. The average Bonchev–Trinajstić information content (AvgIpc) is 2.45. The van der Waals surface area contributed by atoms with E-state index >= 15 is 0 Å². The van der Waals surface area contributed by atoms with Gasteiger partial charge in [0.25, 0.3) is 5.91 Å². The summed E-state index contributed by atoms with van der Waals surface area (Å²) in [6, 6.07) is 5.16. The summed E-state index contributed by atoms with van der Waals surface area (Å²) in [5.74, 6) is 1.11. The van der Waals surface area contributed by atoms with Gasteiger partial charge in [-0.05, 0) is 32.0 Å². The van der Waals surface area contributed by atoms with Crippen molar-refractivity contribution in [3.05, 3.63) is 23.8 Å². The lowest BCUT2D eigenvalue weighted by molar-refractivity contribution is 0.0748. The van der Waals surface area contributed by atoms with Gasteiger partial charge >= 0.3 is 0 Å². The summed E-state index contributed by atoms with van der Waals surface area (Å²) in [4.78, 5) is 13.9. The minimum Gasteiger partial charge on any atom is -0.493 e. The number of methoxy groups -OCH3 is 1. The lowest BCUT2D eigenvalue weighted by Gasteiger charge is -2.24. The van der Waals surface area contributed by atoms with Gasteiger partial charge in [-0.25, -0.2) is 0 Å². The molecule has 0 bridgehead atoms. The highest BCUT2D eigenvalue weighted by Gasteiger charge is 2.18. The van der Waals surface area contributed by atoms with E-state index in [0.29, 0.717) is 30.2 Å². The molecule has 1 atom stereocenters. The highest BCUT2D eigenvalue weighted by atomic mass is 35.5. The molecule has 5 nitrogen and oxygen atoms in total. The van der Waals surface area contributed by atoms with Gasteiger partial charge in [-0.15, -0.1) is 12.4 Å². The second-order valence-electron chi connectivity index (χ2n) is 4.30. The second kappa shape index (κ2) is 8.66. The molecule has 0 spiro atoms. The predicted molar refractivity (Wildman–Crippen MR) is 82.0 cm³/mol. The van der Waals surface area contributed by atoms with Crippen LogP contribution in [0.2, 0.25) is 0 Å². The smallest absolute Gasteiger partial charge is 0.254 e. The van der Waals surface area contributed by atoms with Crippen molar-refractivity contribution in [2.24, 2.45) is 5.73 Å². The number of carbonyl (C=O) groups is 1. The zero-order chi connectivity index (χ0) is 14.4. The van der Waals surface area contributed by atoms with Crippen LogP contribution in [0.15, 0.2) is 18.2 Å². The SMILES string of the molecule is CCOc1ccc(C(=O)N(C)C(C)CN)cc1OC.Cl. The maximum absolute atomic E-state index is 12.3. The average molecular weight is 303 g/mol. The highest BCUT2D eigenvalue weighted by Crippen LogP contribution is 2.28. The number of carbonyl (C=O) groups excluding carboxylic acids is 1. The Balaban J connectivity index is 0.00000361. The lowest BCUT2D eigenvalue weighted by Crippen LogP contribution is -2.39. The van der Waals surface area contributed by atoms with E-state index < -0.39 is 0 Å². The summed E-state index contributed by atoms with van der Waals surface area (Å²) < 4.78 is 10.7. The normalized spacial score (nSPS) is 11.2. The van der Waals surface area contributed by atoms with Crippen molar-refractivity contribution in [1.29, 1.82) is 0 Å². The third-order valence-corrected chi connectivity index (χ3v) is 3.03. The van der Waals surface area contributed by atoms with Gasteiger partial charge in [0.1, 0.15) is 0 Å². The Hall–Kier alpha value is -1.46. The molecule has 0 fully saturated rings. The quantitative estimate of drug-likeness (QED) is 0.872. The third-order valence-electron chi connectivity index (χ3n) is 3.03. The summed E-state index contributed by atoms with van der Waals surface area (Å²) >= 11 is 0. The van der Waals surface area contributed by atoms with Gasteiger partial charge in [-0.2, -0.15) is 0 Å². The van der Waals surface area contributed by atoms with Crippen LogP contribution in [0, 0.1) is 0 Å². The highest BCUT2D eigenvalue weighted by molar-refractivity contribution is 5.95. The van der Waals surface area contributed by atoms with Crippen LogP contribution in [0.25, 0.3) is 0 Å². The second-order valence-corrected chi connectivity index (χ2v) is 4.30. The predicted octanol–water partition coefficient (Wildman–Crippen LogP) is 1.93. The Kier molecular flexibility index (Phi) is 8.03. The van der Waals surface area contributed by atoms with Gasteiger partial charge < -0.3 is 20.1 Å². The van der Waals surface area contributed by atoms with Gasteiger partial charge in [0, 0.05) is 25.2 Å². The number of likely N-dealkylation sites (N-methyl/N-ethyl adjacent to an activating group) is 1. The first-order chi connectivity index (χ1) is 9.04. The summed E-state index contributed by atoms with van der Waals surface area (Å²) in [5.41, 5.74) is 6.13. The Labute approximate surface area is 126 Å². The Morgan fingerprint density at radius 3 is 2.55 bits per heavy atom. The van der Waals surface area contributed by atoms with Gasteiger partial charge in [-0.3, -0.25) is 4.79 Å². The van der Waals surface area contributed by atoms with E-state index in [1.165, 1.54) is 0 Å². The van der Waals surface area contributed by atoms with E-state index in [1.54, 1.807) is 37.3 Å². The van der Waals surface area contributed by atoms with Crippen LogP contribution in [0.5, 0.6) is 11.5 Å². The van der Waals surface area contributed by atoms with Gasteiger partial charge in [-0.1, -0.05) is 0 Å². The van der Waals surface area contributed by atoms with Crippen molar-refractivity contribution in [2.45, 2.75) is 19.9 Å². The molecule has 0 aliphatic rings. The number of rotatable bonds is 6. The van der Waals surface area contributed by atoms with Crippen LogP contribution in [-0.4, -0.2) is 44.2 Å². The van der Waals surface area contributed by atoms with Crippen LogP contribution in [0.4, 0.5) is 0 Å². The molecule has 1 aromatic rings. The van der Waals surface area contributed by atoms with Gasteiger partial charge in [0.15, 0.2) is 11.5 Å². The van der Waals surface area contributed by atoms with Crippen LogP contribution in [-0.2, 0) is 0 Å². The fourth-order valence-corrected chi connectivity index (χ4v) is 1.64. The molecular weight excluding hydrogens is 280 g/mol. The largest absolute Gasteiger partial charge is 0.493 e. The molecule has 20 heavy (non-hydrogen) atoms. The first-order valence-electron chi connectivity index (χ1n) is 6.33. The molecule has 0 saturated carbocycles. The Morgan fingerprint density at radius 2 is 2.05 bits per heavy atom. The minimum absolute atomic E-state index is 0. The first-order valence-corrected chi connectivity index (χ1v) is 6.33. The molecular formula is C14H23ClN2O3. The molecule has 1 amide bonds. The molecule has 0 radical (unpaired) electrons. The fraction of sp³-hybridized carbons (Fsp3) is 0.500. The molecule has 0 heterocycles. The van der Waals surface area contributed by atoms with E-state index in [1.807, 2.05) is 13.8 Å². The van der Waals surface area contributed by atoms with Gasteiger partial charge in [0.2, 0.25) is 0 Å². The number of hydrogen-bond donors (Lipinski definition) is 1. The number of halogens is 1. The molecule has 0 aliphatic heterocycles. The lowest BCUT2D eigenvalue weighted by atomic mass is 10.1. The number of nitrogens with two attached hydrogens (primary N) is 1. The fourth-order valence-electron chi connectivity index (χ4n) is 1.64. The summed E-state index contributed by atoms with van der Waals surface area (Å²) in [6.45, 7) is 4.78. The summed E-state index contributed by atoms with van der Waals surface area (Å²) in [6.07, 6.45) is 0. The maximum atomic E-state index is 12.3. The molecule has 1 rings (SSSR count). The third kappa shape index (κ3) is 4.28. The molecule has 0 aliphatic carbocycles. The van der Waals surface area contributed by atoms with Crippen LogP contribution >= 0.6 is 12.4 Å². The number of amides is 1. The van der Waals surface area contributed by atoms with E-state index in [-0.39, 0.29) is 24.4 Å². The Bertz CT molecular complexity index is 440. The van der Waals surface area contributed by atoms with E-state index in [0.717, 1.165) is 0 Å². The Morgan fingerprint density at radius 1 is 1.40 bits per heavy atom. The number of nitrogens with zero attached hydrogens (tertiary/aromatic N) is 1. The zero-order valence-corrected chi connectivity index (χ0v) is 13.2. The minimum atomic E-state index is -0.0840. The molecule has 0 aromatic heterocycles. The van der Waals surface area contributed by atoms with Crippen molar-refractivity contribution in [3.63, 3.8) is 0 Å². The van der Waals surface area contributed by atoms with E-state index in [2.05, 4.69) is 0 Å². The van der Waals surface area contributed by atoms with Crippen molar-refractivity contribution in [1.82, 2.24) is 4.90 Å². The van der Waals surface area contributed by atoms with Crippen molar-refractivity contribution >= 4 is 18.3 Å². The molecule has 2 N–H and O–H groups in total. The monoisotopic (exact) mass is 302 g/mol. The summed E-state index contributed by atoms with van der Waals surface area (Å²) in [5, 5.41) is 0. The van der Waals surface area contributed by atoms with E-state index in [4.69, 9.17) is 15.2 Å². The standard InChI is InChI=1S/C14H22N2O3.ClH/c1-5-19-12-7-6-11(8-13(12)18-4)14(17)16(3)10(2)9-15;/h6-8,10H,5,9,15H2,1-4H3;1H. The molecule has 6 heteroatoms. The zero-order valence-electron chi connectivity index (χ0n) is 12.4. The van der Waals surface area contributed by atoms with Crippen LogP contribution in [0.3, 0.4) is 0 Å².